The van der Waals surface area contributed by atoms with Crippen LogP contribution < -0.4 is 10.6 Å². The molecule has 1 aromatic heterocycles. The third-order valence-electron chi connectivity index (χ3n) is 4.90. The number of hydrogen-bond donors (Lipinski definition) is 2. The quantitative estimate of drug-likeness (QED) is 0.641. The first-order valence-corrected chi connectivity index (χ1v) is 8.53. The minimum atomic E-state index is -0.0886. The fourth-order valence-corrected chi connectivity index (χ4v) is 3.43. The lowest BCUT2D eigenvalue weighted by atomic mass is 9.68. The highest BCUT2D eigenvalue weighted by atomic mass is 16.3. The zero-order valence-corrected chi connectivity index (χ0v) is 13.8. The van der Waals surface area contributed by atoms with E-state index in [1.165, 1.54) is 25.7 Å². The van der Waals surface area contributed by atoms with Gasteiger partial charge in [-0.2, -0.15) is 0 Å². The zero-order valence-electron chi connectivity index (χ0n) is 13.8. The average Bonchev–Trinajstić information content (AvgIpc) is 3.17. The number of rotatable bonds is 5. The predicted octanol–water partition coefficient (Wildman–Crippen LogP) is 1.74. The second kappa shape index (κ2) is 7.06. The monoisotopic (exact) mass is 318 g/mol. The van der Waals surface area contributed by atoms with Gasteiger partial charge in [0, 0.05) is 19.6 Å². The molecule has 0 bridgehead atoms. The number of furan rings is 1. The molecule has 1 aliphatic carbocycles. The van der Waals surface area contributed by atoms with E-state index >= 15 is 0 Å². The van der Waals surface area contributed by atoms with Crippen molar-refractivity contribution in [3.8, 4) is 0 Å². The molecule has 3 rings (SSSR count). The van der Waals surface area contributed by atoms with Crippen molar-refractivity contribution in [1.82, 2.24) is 15.5 Å². The van der Waals surface area contributed by atoms with Crippen molar-refractivity contribution < 1.29 is 9.21 Å². The van der Waals surface area contributed by atoms with Crippen molar-refractivity contribution >= 4 is 11.9 Å². The molecule has 23 heavy (non-hydrogen) atoms. The maximum Gasteiger partial charge on any atom is 0.242 e. The summed E-state index contributed by atoms with van der Waals surface area (Å²) in [6.07, 6.45) is 6.89. The Bertz CT molecular complexity index is 549. The summed E-state index contributed by atoms with van der Waals surface area (Å²) in [5, 5.41) is 6.14. The van der Waals surface area contributed by atoms with E-state index in [1.807, 2.05) is 12.1 Å². The zero-order chi connectivity index (χ0) is 16.1. The molecule has 2 fully saturated rings. The normalized spacial score (nSPS) is 19.7. The van der Waals surface area contributed by atoms with Crippen LogP contribution in [-0.4, -0.2) is 42.9 Å². The highest BCUT2D eigenvalue weighted by molar-refractivity contribution is 5.85. The molecule has 0 aromatic carbocycles. The minimum Gasteiger partial charge on any atom is -0.467 e. The summed E-state index contributed by atoms with van der Waals surface area (Å²) < 4.78 is 5.20. The second-order valence-corrected chi connectivity index (χ2v) is 6.55. The van der Waals surface area contributed by atoms with Crippen LogP contribution in [0.4, 0.5) is 0 Å². The Labute approximate surface area is 137 Å². The number of amides is 1. The number of carbonyl (C=O) groups excluding carboxylic acids is 1. The van der Waals surface area contributed by atoms with Crippen LogP contribution >= 0.6 is 0 Å². The number of nitrogens with zero attached hydrogens (tertiary/aromatic N) is 2. The fraction of sp³-hybridized carbons (Fsp3) is 0.647. The molecule has 2 aliphatic rings. The van der Waals surface area contributed by atoms with Gasteiger partial charge in [-0.05, 0) is 43.7 Å². The summed E-state index contributed by atoms with van der Waals surface area (Å²) in [5.74, 6) is 1.53. The molecule has 6 heteroatoms. The van der Waals surface area contributed by atoms with Crippen molar-refractivity contribution in [2.45, 2.75) is 39.2 Å². The van der Waals surface area contributed by atoms with Crippen molar-refractivity contribution in [2.75, 3.05) is 26.2 Å². The highest BCUT2D eigenvalue weighted by Crippen LogP contribution is 2.47. The summed E-state index contributed by atoms with van der Waals surface area (Å²) in [5.41, 5.74) is 0.526. The number of guanidine groups is 1. The van der Waals surface area contributed by atoms with Gasteiger partial charge in [-0.1, -0.05) is 6.42 Å². The minimum absolute atomic E-state index is 0.0886. The Morgan fingerprint density at radius 1 is 1.39 bits per heavy atom. The van der Waals surface area contributed by atoms with Gasteiger partial charge >= 0.3 is 0 Å². The largest absolute Gasteiger partial charge is 0.467 e. The van der Waals surface area contributed by atoms with Crippen molar-refractivity contribution in [2.24, 2.45) is 10.4 Å². The molecule has 0 radical (unpaired) electrons. The standard InChI is InChI=1S/C17H26N4O2/c1-2-18-16(21-9-8-17(13-21)6-4-7-17)20-12-15(22)19-11-14-5-3-10-23-14/h3,5,10H,2,4,6-9,11-13H2,1H3,(H,18,20)(H,19,22). The third kappa shape index (κ3) is 3.86. The first kappa shape index (κ1) is 15.9. The molecular weight excluding hydrogens is 292 g/mol. The number of hydrogen-bond acceptors (Lipinski definition) is 3. The van der Waals surface area contributed by atoms with E-state index < -0.39 is 0 Å². The number of nitrogens with one attached hydrogen (secondary N) is 2. The molecule has 1 aliphatic heterocycles. The molecular formula is C17H26N4O2. The van der Waals surface area contributed by atoms with Gasteiger partial charge in [-0.3, -0.25) is 4.79 Å². The number of aliphatic imine (C=N–C) groups is 1. The molecule has 2 heterocycles. The van der Waals surface area contributed by atoms with Crippen LogP contribution in [0.1, 0.15) is 38.4 Å². The molecule has 0 atom stereocenters. The lowest BCUT2D eigenvalue weighted by molar-refractivity contribution is -0.119. The maximum absolute atomic E-state index is 12.0. The average molecular weight is 318 g/mol. The van der Waals surface area contributed by atoms with E-state index in [0.717, 1.165) is 31.4 Å². The second-order valence-electron chi connectivity index (χ2n) is 6.55. The van der Waals surface area contributed by atoms with Crippen LogP contribution in [0, 0.1) is 5.41 Å². The topological polar surface area (TPSA) is 69.9 Å². The Kier molecular flexibility index (Phi) is 4.88. The number of carbonyl (C=O) groups is 1. The van der Waals surface area contributed by atoms with Crippen molar-refractivity contribution in [1.29, 1.82) is 0 Å². The lowest BCUT2D eigenvalue weighted by Gasteiger charge is -2.38. The Balaban J connectivity index is 1.51. The molecule has 6 nitrogen and oxygen atoms in total. The summed E-state index contributed by atoms with van der Waals surface area (Å²) in [4.78, 5) is 18.8. The van der Waals surface area contributed by atoms with E-state index in [0.29, 0.717) is 12.0 Å². The Morgan fingerprint density at radius 3 is 2.87 bits per heavy atom. The van der Waals surface area contributed by atoms with E-state index in [-0.39, 0.29) is 12.5 Å². The first-order chi connectivity index (χ1) is 11.2. The van der Waals surface area contributed by atoms with Crippen molar-refractivity contribution in [3.63, 3.8) is 0 Å². The molecule has 1 amide bonds. The van der Waals surface area contributed by atoms with Crippen LogP contribution in [0.25, 0.3) is 0 Å². The Hall–Kier alpha value is -1.98. The lowest BCUT2D eigenvalue weighted by Crippen LogP contribution is -2.43. The van der Waals surface area contributed by atoms with Gasteiger partial charge in [0.05, 0.1) is 12.8 Å². The molecule has 1 saturated carbocycles. The van der Waals surface area contributed by atoms with E-state index in [4.69, 9.17) is 4.42 Å². The summed E-state index contributed by atoms with van der Waals surface area (Å²) in [6, 6.07) is 3.66. The van der Waals surface area contributed by atoms with E-state index in [2.05, 4.69) is 27.4 Å². The third-order valence-corrected chi connectivity index (χ3v) is 4.90. The van der Waals surface area contributed by atoms with Crippen molar-refractivity contribution in [3.05, 3.63) is 24.2 Å². The molecule has 126 valence electrons. The molecule has 1 aromatic rings. The SMILES string of the molecule is CCNC(=NCC(=O)NCc1ccco1)N1CCC2(CCC2)C1. The number of likely N-dealkylation sites (tertiary alicyclic amines) is 1. The van der Waals surface area contributed by atoms with Crippen LogP contribution in [-0.2, 0) is 11.3 Å². The molecule has 2 N–H and O–H groups in total. The predicted molar refractivity (Wildman–Crippen MR) is 89.0 cm³/mol. The molecule has 0 unspecified atom stereocenters. The maximum atomic E-state index is 12.0. The van der Waals surface area contributed by atoms with Gasteiger partial charge in [0.1, 0.15) is 12.3 Å². The molecule has 1 spiro atoms. The van der Waals surface area contributed by atoms with Gasteiger partial charge in [0.25, 0.3) is 0 Å². The van der Waals surface area contributed by atoms with Crippen LogP contribution in [0.3, 0.4) is 0 Å². The van der Waals surface area contributed by atoms with Gasteiger partial charge in [-0.15, -0.1) is 0 Å². The summed E-state index contributed by atoms with van der Waals surface area (Å²) >= 11 is 0. The van der Waals surface area contributed by atoms with Gasteiger partial charge in [0.15, 0.2) is 5.96 Å². The van der Waals surface area contributed by atoms with Crippen LogP contribution in [0.2, 0.25) is 0 Å². The van der Waals surface area contributed by atoms with Gasteiger partial charge < -0.3 is 20.0 Å². The molecule has 1 saturated heterocycles. The first-order valence-electron chi connectivity index (χ1n) is 8.53. The summed E-state index contributed by atoms with van der Waals surface area (Å²) in [6.45, 7) is 5.54. The highest BCUT2D eigenvalue weighted by Gasteiger charge is 2.43. The smallest absolute Gasteiger partial charge is 0.242 e. The summed E-state index contributed by atoms with van der Waals surface area (Å²) in [7, 11) is 0. The van der Waals surface area contributed by atoms with Gasteiger partial charge in [-0.25, -0.2) is 4.99 Å². The van der Waals surface area contributed by atoms with E-state index in [9.17, 15) is 4.79 Å². The fourth-order valence-electron chi connectivity index (χ4n) is 3.43. The Morgan fingerprint density at radius 2 is 2.26 bits per heavy atom. The van der Waals surface area contributed by atoms with Gasteiger partial charge in [0.2, 0.25) is 5.91 Å². The van der Waals surface area contributed by atoms with Crippen LogP contribution in [0.5, 0.6) is 0 Å². The van der Waals surface area contributed by atoms with E-state index in [1.54, 1.807) is 6.26 Å². The van der Waals surface area contributed by atoms with Crippen LogP contribution in [0.15, 0.2) is 27.8 Å².